The molecule has 2 aliphatic rings. The number of rotatable bonds is 3. The molecule has 4 nitrogen and oxygen atoms in total. The smallest absolute Gasteiger partial charge is 0.365 e. The van der Waals surface area contributed by atoms with Crippen molar-refractivity contribution in [1.82, 2.24) is 15.3 Å². The maximum absolute atomic E-state index is 12.9. The highest BCUT2D eigenvalue weighted by Crippen LogP contribution is 2.53. The monoisotopic (exact) mass is 286 g/mol. The van der Waals surface area contributed by atoms with Crippen LogP contribution in [-0.2, 0) is 11.6 Å². The molecule has 20 heavy (non-hydrogen) atoms. The summed E-state index contributed by atoms with van der Waals surface area (Å²) in [6, 6.07) is 1.81. The fourth-order valence-corrected chi connectivity index (χ4v) is 2.47. The molecule has 0 amide bonds. The summed E-state index contributed by atoms with van der Waals surface area (Å²) in [6.07, 6.45) is -3.65. The van der Waals surface area contributed by atoms with Gasteiger partial charge in [0.1, 0.15) is 5.82 Å². The van der Waals surface area contributed by atoms with Crippen LogP contribution in [0.3, 0.4) is 0 Å². The van der Waals surface area contributed by atoms with E-state index in [0.717, 1.165) is 19.5 Å². The lowest BCUT2D eigenvalue weighted by atomic mass is 10.0. The van der Waals surface area contributed by atoms with Gasteiger partial charge in [-0.3, -0.25) is 0 Å². The van der Waals surface area contributed by atoms with E-state index in [1.54, 1.807) is 6.07 Å². The van der Waals surface area contributed by atoms with Crippen molar-refractivity contribution >= 4 is 5.82 Å². The summed E-state index contributed by atoms with van der Waals surface area (Å²) in [7, 11) is 0. The number of alkyl halides is 3. The highest BCUT2D eigenvalue weighted by molar-refractivity contribution is 5.42. The van der Waals surface area contributed by atoms with Gasteiger partial charge in [-0.15, -0.1) is 0 Å². The van der Waals surface area contributed by atoms with E-state index in [1.165, 1.54) is 0 Å². The predicted octanol–water partition coefficient (Wildman–Crippen LogP) is 2.18. The van der Waals surface area contributed by atoms with Crippen molar-refractivity contribution in [3.05, 3.63) is 17.6 Å². The second-order valence-electron chi connectivity index (χ2n) is 5.98. The van der Waals surface area contributed by atoms with Crippen molar-refractivity contribution in [1.29, 1.82) is 0 Å². The molecule has 2 unspecified atom stereocenters. The van der Waals surface area contributed by atoms with Gasteiger partial charge in [-0.2, -0.15) is 13.2 Å². The highest BCUT2D eigenvalue weighted by Gasteiger charge is 2.50. The number of anilines is 1. The maximum Gasteiger partial charge on any atom is 0.451 e. The summed E-state index contributed by atoms with van der Waals surface area (Å²) in [6.45, 7) is 5.47. The van der Waals surface area contributed by atoms with Crippen LogP contribution in [0, 0.1) is 5.92 Å². The van der Waals surface area contributed by atoms with E-state index < -0.39 is 12.0 Å². The molecule has 1 aromatic heterocycles. The molecule has 1 saturated carbocycles. The van der Waals surface area contributed by atoms with Crippen LogP contribution in [0.5, 0.6) is 0 Å². The zero-order chi connectivity index (χ0) is 14.5. The van der Waals surface area contributed by atoms with Gasteiger partial charge in [0.2, 0.25) is 5.82 Å². The third-order valence-corrected chi connectivity index (χ3v) is 4.36. The van der Waals surface area contributed by atoms with Crippen molar-refractivity contribution in [2.24, 2.45) is 5.92 Å². The molecule has 0 bridgehead atoms. The van der Waals surface area contributed by atoms with E-state index in [2.05, 4.69) is 20.6 Å². The fourth-order valence-electron chi connectivity index (χ4n) is 2.47. The van der Waals surface area contributed by atoms with Crippen LogP contribution in [0.4, 0.5) is 19.0 Å². The first-order valence-electron chi connectivity index (χ1n) is 6.73. The van der Waals surface area contributed by atoms with Crippen LogP contribution in [-0.4, -0.2) is 29.1 Å². The number of aromatic nitrogens is 2. The molecule has 3 rings (SSSR count). The molecule has 2 N–H and O–H groups in total. The molecule has 7 heteroatoms. The van der Waals surface area contributed by atoms with Gasteiger partial charge in [-0.1, -0.05) is 13.8 Å². The van der Waals surface area contributed by atoms with E-state index in [4.69, 9.17) is 0 Å². The first-order chi connectivity index (χ1) is 9.29. The Morgan fingerprint density at radius 3 is 2.45 bits per heavy atom. The summed E-state index contributed by atoms with van der Waals surface area (Å²) in [5.41, 5.74) is 0.235. The second kappa shape index (κ2) is 4.31. The molecule has 1 aliphatic heterocycles. The van der Waals surface area contributed by atoms with Crippen LogP contribution in [0.15, 0.2) is 6.07 Å². The van der Waals surface area contributed by atoms with Crippen LogP contribution in [0.25, 0.3) is 0 Å². The van der Waals surface area contributed by atoms with Crippen LogP contribution < -0.4 is 10.6 Å². The van der Waals surface area contributed by atoms with Gasteiger partial charge in [0, 0.05) is 24.6 Å². The lowest BCUT2D eigenvalue weighted by molar-refractivity contribution is -0.145. The number of nitrogens with zero attached hydrogens (tertiary/aromatic N) is 2. The number of halogens is 3. The third kappa shape index (κ3) is 2.34. The molecular weight excluding hydrogens is 269 g/mol. The molecule has 0 aromatic carbocycles. The molecule has 2 atom stereocenters. The molecule has 1 saturated heterocycles. The van der Waals surface area contributed by atoms with Crippen molar-refractivity contribution in [2.45, 2.75) is 37.9 Å². The van der Waals surface area contributed by atoms with Crippen LogP contribution in [0.2, 0.25) is 0 Å². The lowest BCUT2D eigenvalue weighted by Gasteiger charge is -2.29. The van der Waals surface area contributed by atoms with E-state index in [1.807, 2.05) is 13.8 Å². The Morgan fingerprint density at radius 1 is 1.35 bits per heavy atom. The van der Waals surface area contributed by atoms with E-state index >= 15 is 0 Å². The Labute approximate surface area is 115 Å². The Balaban J connectivity index is 1.94. The summed E-state index contributed by atoms with van der Waals surface area (Å²) in [4.78, 5) is 7.37. The summed E-state index contributed by atoms with van der Waals surface area (Å²) in [5, 5.41) is 6.09. The van der Waals surface area contributed by atoms with Gasteiger partial charge in [0.25, 0.3) is 0 Å². The van der Waals surface area contributed by atoms with Gasteiger partial charge in [0.15, 0.2) is 0 Å². The fraction of sp³-hybridized carbons (Fsp3) is 0.692. The van der Waals surface area contributed by atoms with Crippen molar-refractivity contribution in [3.8, 4) is 0 Å². The largest absolute Gasteiger partial charge is 0.451 e. The van der Waals surface area contributed by atoms with E-state index in [9.17, 15) is 13.2 Å². The topological polar surface area (TPSA) is 49.8 Å². The van der Waals surface area contributed by atoms with E-state index in [0.29, 0.717) is 11.6 Å². The van der Waals surface area contributed by atoms with Gasteiger partial charge in [0.05, 0.1) is 11.7 Å². The Bertz CT molecular complexity index is 527. The molecule has 0 spiro atoms. The first-order valence-corrected chi connectivity index (χ1v) is 6.73. The van der Waals surface area contributed by atoms with Crippen molar-refractivity contribution in [3.63, 3.8) is 0 Å². The Kier molecular flexibility index (Phi) is 2.93. The highest BCUT2D eigenvalue weighted by atomic mass is 19.4. The first kappa shape index (κ1) is 13.6. The molecule has 2 heterocycles. The number of nitrogens with one attached hydrogen (secondary N) is 2. The van der Waals surface area contributed by atoms with Crippen LogP contribution >= 0.6 is 0 Å². The minimum absolute atomic E-state index is 0.142. The number of hydrogen-bond donors (Lipinski definition) is 2. The SMILES string of the molecule is CC1CC1(C)c1cc(NC2CNC2)nc(C(F)(F)F)n1. The standard InChI is InChI=1S/C13H17F3N4/c1-7-4-12(7,2)9-3-10(18-8-5-17-6-8)20-11(19-9)13(14,15)16/h3,7-8,17H,4-6H2,1-2H3,(H,18,19,20). The van der Waals surface area contributed by atoms with Gasteiger partial charge >= 0.3 is 6.18 Å². The minimum atomic E-state index is -4.52. The molecule has 0 radical (unpaired) electrons. The third-order valence-electron chi connectivity index (χ3n) is 4.36. The molecule has 2 fully saturated rings. The zero-order valence-electron chi connectivity index (χ0n) is 11.4. The van der Waals surface area contributed by atoms with Crippen molar-refractivity contribution < 1.29 is 13.2 Å². The normalized spacial score (nSPS) is 29.9. The summed E-state index contributed by atoms with van der Waals surface area (Å²) >= 11 is 0. The molecule has 1 aromatic rings. The molecule has 1 aliphatic carbocycles. The Morgan fingerprint density at radius 2 is 2.00 bits per heavy atom. The van der Waals surface area contributed by atoms with Crippen molar-refractivity contribution in [2.75, 3.05) is 18.4 Å². The quantitative estimate of drug-likeness (QED) is 0.894. The average Bonchev–Trinajstić information content (AvgIpc) is 2.92. The second-order valence-corrected chi connectivity index (χ2v) is 5.98. The minimum Gasteiger partial charge on any atom is -0.365 e. The molecule has 110 valence electrons. The summed E-state index contributed by atoms with van der Waals surface area (Å²) < 4.78 is 38.8. The lowest BCUT2D eigenvalue weighted by Crippen LogP contribution is -2.51. The van der Waals surface area contributed by atoms with Gasteiger partial charge < -0.3 is 10.6 Å². The summed E-state index contributed by atoms with van der Waals surface area (Å²) in [5.74, 6) is -0.420. The Hall–Kier alpha value is -1.37. The zero-order valence-corrected chi connectivity index (χ0v) is 11.4. The number of hydrogen-bond acceptors (Lipinski definition) is 4. The van der Waals surface area contributed by atoms with E-state index in [-0.39, 0.29) is 17.3 Å². The molecular formula is C13H17F3N4. The van der Waals surface area contributed by atoms with Crippen LogP contribution in [0.1, 0.15) is 31.8 Å². The average molecular weight is 286 g/mol. The van der Waals surface area contributed by atoms with Gasteiger partial charge in [-0.25, -0.2) is 9.97 Å². The van der Waals surface area contributed by atoms with Gasteiger partial charge in [-0.05, 0) is 12.3 Å². The maximum atomic E-state index is 12.9. The predicted molar refractivity (Wildman–Crippen MR) is 68.4 cm³/mol.